The summed E-state index contributed by atoms with van der Waals surface area (Å²) >= 11 is 0. The standard InChI is InChI=1S/C14H13N5O/c1-20-12-6-3-10(4-7-12)2-5-11-8-9-16-14-17-13(15)18-19(11)14/h2-9H,1H3,(H2,15,18)/b5-2-. The lowest BCUT2D eigenvalue weighted by molar-refractivity contribution is 0.415. The molecule has 6 nitrogen and oxygen atoms in total. The van der Waals surface area contributed by atoms with Crippen molar-refractivity contribution in [2.45, 2.75) is 0 Å². The monoisotopic (exact) mass is 267 g/mol. The van der Waals surface area contributed by atoms with Gasteiger partial charge in [-0.15, -0.1) is 5.10 Å². The lowest BCUT2D eigenvalue weighted by Gasteiger charge is -2.00. The molecule has 0 radical (unpaired) electrons. The van der Waals surface area contributed by atoms with Crippen LogP contribution in [0.15, 0.2) is 36.5 Å². The summed E-state index contributed by atoms with van der Waals surface area (Å²) in [4.78, 5) is 8.12. The molecule has 0 aliphatic rings. The summed E-state index contributed by atoms with van der Waals surface area (Å²) < 4.78 is 6.73. The maximum absolute atomic E-state index is 5.58. The number of ether oxygens (including phenoxy) is 1. The molecule has 2 N–H and O–H groups in total. The van der Waals surface area contributed by atoms with Gasteiger partial charge in [0.25, 0.3) is 5.78 Å². The Balaban J connectivity index is 1.93. The number of aromatic nitrogens is 4. The van der Waals surface area contributed by atoms with Crippen LogP contribution in [-0.4, -0.2) is 26.7 Å². The van der Waals surface area contributed by atoms with Crippen LogP contribution in [0.3, 0.4) is 0 Å². The van der Waals surface area contributed by atoms with E-state index in [0.29, 0.717) is 5.78 Å². The summed E-state index contributed by atoms with van der Waals surface area (Å²) in [5, 5.41) is 4.10. The smallest absolute Gasteiger partial charge is 0.254 e. The van der Waals surface area contributed by atoms with E-state index in [0.717, 1.165) is 17.0 Å². The van der Waals surface area contributed by atoms with Gasteiger partial charge in [0, 0.05) is 6.20 Å². The molecule has 0 spiro atoms. The Morgan fingerprint density at radius 1 is 1.15 bits per heavy atom. The zero-order chi connectivity index (χ0) is 13.9. The first-order valence-corrected chi connectivity index (χ1v) is 6.05. The van der Waals surface area contributed by atoms with E-state index in [9.17, 15) is 0 Å². The van der Waals surface area contributed by atoms with E-state index in [4.69, 9.17) is 10.5 Å². The summed E-state index contributed by atoms with van der Waals surface area (Å²) in [6, 6.07) is 9.62. The van der Waals surface area contributed by atoms with Crippen LogP contribution in [0.5, 0.6) is 5.75 Å². The van der Waals surface area contributed by atoms with Crippen molar-refractivity contribution in [1.82, 2.24) is 19.6 Å². The molecule has 0 aliphatic heterocycles. The molecule has 2 aromatic heterocycles. The van der Waals surface area contributed by atoms with Crippen LogP contribution in [-0.2, 0) is 0 Å². The van der Waals surface area contributed by atoms with Crippen LogP contribution in [0.1, 0.15) is 11.3 Å². The number of anilines is 1. The van der Waals surface area contributed by atoms with Gasteiger partial charge >= 0.3 is 0 Å². The van der Waals surface area contributed by atoms with E-state index in [1.165, 1.54) is 0 Å². The fraction of sp³-hybridized carbons (Fsp3) is 0.0714. The highest BCUT2D eigenvalue weighted by molar-refractivity contribution is 5.69. The molecule has 3 aromatic rings. The molecular formula is C14H13N5O. The minimum absolute atomic E-state index is 0.211. The summed E-state index contributed by atoms with van der Waals surface area (Å²) in [6.07, 6.45) is 5.59. The highest BCUT2D eigenvalue weighted by Gasteiger charge is 2.03. The number of fused-ring (bicyclic) bond motifs is 1. The van der Waals surface area contributed by atoms with E-state index < -0.39 is 0 Å². The number of rotatable bonds is 3. The second-order valence-electron chi connectivity index (χ2n) is 4.16. The summed E-state index contributed by atoms with van der Waals surface area (Å²) in [5.41, 5.74) is 7.49. The largest absolute Gasteiger partial charge is 0.497 e. The Labute approximate surface area is 115 Å². The molecule has 2 heterocycles. The fourth-order valence-corrected chi connectivity index (χ4v) is 1.85. The number of nitrogen functional groups attached to an aromatic ring is 1. The third-order valence-electron chi connectivity index (χ3n) is 2.85. The molecule has 20 heavy (non-hydrogen) atoms. The van der Waals surface area contributed by atoms with Crippen molar-refractivity contribution in [3.8, 4) is 5.75 Å². The average Bonchev–Trinajstić information content (AvgIpc) is 2.86. The average molecular weight is 267 g/mol. The minimum Gasteiger partial charge on any atom is -0.497 e. The number of hydrogen-bond donors (Lipinski definition) is 1. The Bertz CT molecular complexity index is 761. The first-order chi connectivity index (χ1) is 9.76. The molecule has 0 unspecified atom stereocenters. The van der Waals surface area contributed by atoms with Crippen LogP contribution in [0.2, 0.25) is 0 Å². The van der Waals surface area contributed by atoms with E-state index >= 15 is 0 Å². The van der Waals surface area contributed by atoms with Crippen LogP contribution < -0.4 is 10.5 Å². The lowest BCUT2D eigenvalue weighted by atomic mass is 10.2. The van der Waals surface area contributed by atoms with Gasteiger partial charge in [0.2, 0.25) is 5.95 Å². The maximum Gasteiger partial charge on any atom is 0.254 e. The van der Waals surface area contributed by atoms with E-state index in [2.05, 4.69) is 15.1 Å². The highest BCUT2D eigenvalue weighted by atomic mass is 16.5. The predicted molar refractivity (Wildman–Crippen MR) is 77.1 cm³/mol. The predicted octanol–water partition coefficient (Wildman–Crippen LogP) is 1.89. The molecule has 0 aliphatic carbocycles. The van der Waals surface area contributed by atoms with Crippen molar-refractivity contribution >= 4 is 23.9 Å². The van der Waals surface area contributed by atoms with Crippen LogP contribution in [0.25, 0.3) is 17.9 Å². The van der Waals surface area contributed by atoms with E-state index in [-0.39, 0.29) is 5.95 Å². The maximum atomic E-state index is 5.58. The zero-order valence-corrected chi connectivity index (χ0v) is 10.9. The molecule has 0 saturated heterocycles. The van der Waals surface area contributed by atoms with E-state index in [1.54, 1.807) is 17.8 Å². The van der Waals surface area contributed by atoms with Crippen molar-refractivity contribution in [3.05, 3.63) is 47.8 Å². The van der Waals surface area contributed by atoms with Crippen molar-refractivity contribution in [2.24, 2.45) is 0 Å². The van der Waals surface area contributed by atoms with Gasteiger partial charge < -0.3 is 10.5 Å². The first kappa shape index (κ1) is 12.2. The number of nitrogens with zero attached hydrogens (tertiary/aromatic N) is 4. The number of nitrogens with two attached hydrogens (primary N) is 1. The first-order valence-electron chi connectivity index (χ1n) is 6.05. The Morgan fingerprint density at radius 2 is 1.95 bits per heavy atom. The molecular weight excluding hydrogens is 254 g/mol. The van der Waals surface area contributed by atoms with Gasteiger partial charge in [-0.2, -0.15) is 9.50 Å². The third kappa shape index (κ3) is 2.31. The molecule has 0 fully saturated rings. The SMILES string of the molecule is COc1ccc(/C=C\c2ccnc3nc(N)nn23)cc1. The summed E-state index contributed by atoms with van der Waals surface area (Å²) in [5.74, 6) is 1.53. The Morgan fingerprint density at radius 3 is 2.70 bits per heavy atom. The second kappa shape index (κ2) is 5.00. The Hall–Kier alpha value is -2.89. The molecule has 0 saturated carbocycles. The molecule has 0 atom stereocenters. The Kier molecular flexibility index (Phi) is 3.04. The summed E-state index contributed by atoms with van der Waals surface area (Å²) in [7, 11) is 1.65. The topological polar surface area (TPSA) is 78.3 Å². The zero-order valence-electron chi connectivity index (χ0n) is 10.9. The van der Waals surface area contributed by atoms with Gasteiger partial charge in [-0.25, -0.2) is 4.98 Å². The van der Waals surface area contributed by atoms with Gasteiger partial charge in [-0.1, -0.05) is 18.2 Å². The van der Waals surface area contributed by atoms with Gasteiger partial charge in [0.15, 0.2) is 0 Å². The van der Waals surface area contributed by atoms with Gasteiger partial charge in [-0.3, -0.25) is 0 Å². The van der Waals surface area contributed by atoms with Crippen molar-refractivity contribution < 1.29 is 4.74 Å². The molecule has 0 amide bonds. The third-order valence-corrected chi connectivity index (χ3v) is 2.85. The number of methoxy groups -OCH3 is 1. The van der Waals surface area contributed by atoms with Crippen LogP contribution in [0, 0.1) is 0 Å². The molecule has 6 heteroatoms. The molecule has 1 aromatic carbocycles. The molecule has 0 bridgehead atoms. The second-order valence-corrected chi connectivity index (χ2v) is 4.16. The highest BCUT2D eigenvalue weighted by Crippen LogP contribution is 2.14. The summed E-state index contributed by atoms with van der Waals surface area (Å²) in [6.45, 7) is 0. The van der Waals surface area contributed by atoms with Crippen molar-refractivity contribution in [3.63, 3.8) is 0 Å². The van der Waals surface area contributed by atoms with Crippen LogP contribution >= 0.6 is 0 Å². The molecule has 3 rings (SSSR count). The van der Waals surface area contributed by atoms with Gasteiger partial charge in [-0.05, 0) is 29.8 Å². The van der Waals surface area contributed by atoms with E-state index in [1.807, 2.05) is 42.5 Å². The van der Waals surface area contributed by atoms with Crippen molar-refractivity contribution in [1.29, 1.82) is 0 Å². The normalized spacial score (nSPS) is 11.2. The number of benzene rings is 1. The molecule has 100 valence electrons. The fourth-order valence-electron chi connectivity index (χ4n) is 1.85. The minimum atomic E-state index is 0.211. The van der Waals surface area contributed by atoms with Gasteiger partial charge in [0.1, 0.15) is 5.75 Å². The van der Waals surface area contributed by atoms with Gasteiger partial charge in [0.05, 0.1) is 12.8 Å². The van der Waals surface area contributed by atoms with Crippen molar-refractivity contribution in [2.75, 3.05) is 12.8 Å². The quantitative estimate of drug-likeness (QED) is 0.784. The lowest BCUT2D eigenvalue weighted by Crippen LogP contribution is -1.95. The van der Waals surface area contributed by atoms with Crippen LogP contribution in [0.4, 0.5) is 5.95 Å². The number of hydrogen-bond acceptors (Lipinski definition) is 5.